The number of carbonyl (C=O) groups excluding carboxylic acids is 1. The molecular formula is C15H22N2O3. The quantitative estimate of drug-likeness (QED) is 0.651. The lowest BCUT2D eigenvalue weighted by Crippen LogP contribution is -2.51. The van der Waals surface area contributed by atoms with E-state index in [9.17, 15) is 15.0 Å². The highest BCUT2D eigenvalue weighted by molar-refractivity contribution is 5.82. The molecule has 0 unspecified atom stereocenters. The summed E-state index contributed by atoms with van der Waals surface area (Å²) in [5.41, 5.74) is 6.79. The SMILES string of the molecule is N[C@H](Cc1ccc(O)cc1)C(=O)N[C@H]1CCCC[C@@H]1O. The van der Waals surface area contributed by atoms with Gasteiger partial charge in [0, 0.05) is 0 Å². The number of benzene rings is 1. The Hall–Kier alpha value is -1.59. The molecule has 0 heterocycles. The maximum Gasteiger partial charge on any atom is 0.237 e. The minimum atomic E-state index is -0.645. The van der Waals surface area contributed by atoms with Crippen molar-refractivity contribution in [3.05, 3.63) is 29.8 Å². The average Bonchev–Trinajstić information content (AvgIpc) is 2.44. The van der Waals surface area contributed by atoms with Gasteiger partial charge in [-0.2, -0.15) is 0 Å². The maximum absolute atomic E-state index is 12.0. The highest BCUT2D eigenvalue weighted by Gasteiger charge is 2.26. The molecule has 0 aromatic heterocycles. The Morgan fingerprint density at radius 1 is 1.30 bits per heavy atom. The van der Waals surface area contributed by atoms with Gasteiger partial charge in [-0.05, 0) is 37.0 Å². The molecule has 1 aromatic carbocycles. The predicted octanol–water partition coefficient (Wildman–Crippen LogP) is 0.682. The molecule has 5 heteroatoms. The zero-order chi connectivity index (χ0) is 14.5. The third-order valence-electron chi connectivity index (χ3n) is 3.79. The molecule has 1 aliphatic rings. The number of aromatic hydroxyl groups is 1. The summed E-state index contributed by atoms with van der Waals surface area (Å²) in [6.07, 6.45) is 3.52. The maximum atomic E-state index is 12.0. The number of hydrogen-bond acceptors (Lipinski definition) is 4. The van der Waals surface area contributed by atoms with Gasteiger partial charge in [0.05, 0.1) is 18.2 Å². The van der Waals surface area contributed by atoms with Gasteiger partial charge < -0.3 is 21.3 Å². The standard InChI is InChI=1S/C15H22N2O3/c16-12(9-10-5-7-11(18)8-6-10)15(20)17-13-3-1-2-4-14(13)19/h5-8,12-14,18-19H,1-4,9,16H2,(H,17,20)/t12-,13+,14+/m1/s1. The van der Waals surface area contributed by atoms with E-state index in [-0.39, 0.29) is 17.7 Å². The number of hydrogen-bond donors (Lipinski definition) is 4. The van der Waals surface area contributed by atoms with E-state index in [0.29, 0.717) is 6.42 Å². The van der Waals surface area contributed by atoms with Gasteiger partial charge in [0.2, 0.25) is 5.91 Å². The summed E-state index contributed by atoms with van der Waals surface area (Å²) in [7, 11) is 0. The van der Waals surface area contributed by atoms with Gasteiger partial charge >= 0.3 is 0 Å². The van der Waals surface area contributed by atoms with Crippen LogP contribution in [-0.2, 0) is 11.2 Å². The van der Waals surface area contributed by atoms with Crippen LogP contribution < -0.4 is 11.1 Å². The molecule has 20 heavy (non-hydrogen) atoms. The van der Waals surface area contributed by atoms with E-state index in [1.807, 2.05) is 0 Å². The molecule has 1 aromatic rings. The number of nitrogens with two attached hydrogens (primary N) is 1. The lowest BCUT2D eigenvalue weighted by molar-refractivity contribution is -0.124. The van der Waals surface area contributed by atoms with E-state index in [0.717, 1.165) is 31.2 Å². The molecule has 1 amide bonds. The number of amides is 1. The molecule has 0 aliphatic heterocycles. The zero-order valence-corrected chi connectivity index (χ0v) is 11.5. The van der Waals surface area contributed by atoms with E-state index in [2.05, 4.69) is 5.32 Å². The topological polar surface area (TPSA) is 95.6 Å². The van der Waals surface area contributed by atoms with E-state index in [4.69, 9.17) is 5.73 Å². The van der Waals surface area contributed by atoms with Crippen LogP contribution in [0.5, 0.6) is 5.75 Å². The minimum absolute atomic E-state index is 0.179. The number of aliphatic hydroxyl groups excluding tert-OH is 1. The van der Waals surface area contributed by atoms with Crippen molar-refractivity contribution in [2.45, 2.75) is 50.3 Å². The van der Waals surface area contributed by atoms with Crippen LogP contribution in [0.4, 0.5) is 0 Å². The molecule has 1 fully saturated rings. The highest BCUT2D eigenvalue weighted by atomic mass is 16.3. The number of nitrogens with one attached hydrogen (secondary N) is 1. The van der Waals surface area contributed by atoms with Crippen molar-refractivity contribution >= 4 is 5.91 Å². The average molecular weight is 278 g/mol. The summed E-state index contributed by atoms with van der Waals surface area (Å²) in [6.45, 7) is 0. The molecule has 1 aliphatic carbocycles. The Morgan fingerprint density at radius 2 is 1.95 bits per heavy atom. The highest BCUT2D eigenvalue weighted by Crippen LogP contribution is 2.18. The van der Waals surface area contributed by atoms with Crippen LogP contribution in [0.2, 0.25) is 0 Å². The molecule has 5 nitrogen and oxygen atoms in total. The van der Waals surface area contributed by atoms with Gasteiger partial charge in [0.1, 0.15) is 5.75 Å². The van der Waals surface area contributed by atoms with E-state index in [1.54, 1.807) is 24.3 Å². The summed E-state index contributed by atoms with van der Waals surface area (Å²) in [6, 6.07) is 5.82. The molecular weight excluding hydrogens is 256 g/mol. The van der Waals surface area contributed by atoms with Crippen LogP contribution in [0.1, 0.15) is 31.2 Å². The van der Waals surface area contributed by atoms with Gasteiger partial charge in [0.15, 0.2) is 0 Å². The first-order valence-corrected chi connectivity index (χ1v) is 7.08. The van der Waals surface area contributed by atoms with Crippen LogP contribution in [0, 0.1) is 0 Å². The second kappa shape index (κ2) is 6.72. The Kier molecular flexibility index (Phi) is 4.98. The van der Waals surface area contributed by atoms with Crippen molar-refractivity contribution in [2.75, 3.05) is 0 Å². The van der Waals surface area contributed by atoms with Gasteiger partial charge in [-0.15, -0.1) is 0 Å². The van der Waals surface area contributed by atoms with Crippen molar-refractivity contribution < 1.29 is 15.0 Å². The third-order valence-corrected chi connectivity index (χ3v) is 3.79. The first kappa shape index (κ1) is 14.8. The summed E-state index contributed by atoms with van der Waals surface area (Å²) < 4.78 is 0. The molecule has 0 radical (unpaired) electrons. The normalized spacial score (nSPS) is 24.1. The van der Waals surface area contributed by atoms with Crippen LogP contribution >= 0.6 is 0 Å². The Bertz CT molecular complexity index is 447. The fraction of sp³-hybridized carbons (Fsp3) is 0.533. The second-order valence-corrected chi connectivity index (χ2v) is 5.44. The fourth-order valence-electron chi connectivity index (χ4n) is 2.55. The van der Waals surface area contributed by atoms with Gasteiger partial charge in [0.25, 0.3) is 0 Å². The zero-order valence-electron chi connectivity index (χ0n) is 11.5. The molecule has 5 N–H and O–H groups in total. The lowest BCUT2D eigenvalue weighted by atomic mass is 9.92. The first-order valence-electron chi connectivity index (χ1n) is 7.08. The Balaban J connectivity index is 1.86. The summed E-state index contributed by atoms with van der Waals surface area (Å²) in [4.78, 5) is 12.0. The number of rotatable bonds is 4. The van der Waals surface area contributed by atoms with E-state index in [1.165, 1.54) is 0 Å². The molecule has 1 saturated carbocycles. The summed E-state index contributed by atoms with van der Waals surface area (Å²) in [5, 5.41) is 21.9. The van der Waals surface area contributed by atoms with Crippen molar-refractivity contribution in [2.24, 2.45) is 5.73 Å². The molecule has 0 spiro atoms. The van der Waals surface area contributed by atoms with Gasteiger partial charge in [-0.1, -0.05) is 25.0 Å². The molecule has 0 bridgehead atoms. The minimum Gasteiger partial charge on any atom is -0.508 e. The first-order chi connectivity index (χ1) is 9.56. The molecule has 2 rings (SSSR count). The third kappa shape index (κ3) is 3.95. The second-order valence-electron chi connectivity index (χ2n) is 5.44. The molecule has 3 atom stereocenters. The number of aliphatic hydroxyl groups is 1. The lowest BCUT2D eigenvalue weighted by Gasteiger charge is -2.29. The Labute approximate surface area is 118 Å². The smallest absolute Gasteiger partial charge is 0.237 e. The fourth-order valence-corrected chi connectivity index (χ4v) is 2.55. The monoisotopic (exact) mass is 278 g/mol. The largest absolute Gasteiger partial charge is 0.508 e. The van der Waals surface area contributed by atoms with Crippen LogP contribution in [0.3, 0.4) is 0 Å². The van der Waals surface area contributed by atoms with Crippen molar-refractivity contribution in [1.82, 2.24) is 5.32 Å². The number of phenolic OH excluding ortho intramolecular Hbond substituents is 1. The molecule has 0 saturated heterocycles. The molecule has 110 valence electrons. The van der Waals surface area contributed by atoms with Crippen molar-refractivity contribution in [3.63, 3.8) is 0 Å². The summed E-state index contributed by atoms with van der Waals surface area (Å²) >= 11 is 0. The van der Waals surface area contributed by atoms with E-state index >= 15 is 0 Å². The number of phenols is 1. The van der Waals surface area contributed by atoms with Gasteiger partial charge in [-0.3, -0.25) is 4.79 Å². The summed E-state index contributed by atoms with van der Waals surface area (Å²) in [5.74, 6) is -0.0406. The van der Waals surface area contributed by atoms with Crippen LogP contribution in [0.25, 0.3) is 0 Å². The van der Waals surface area contributed by atoms with Gasteiger partial charge in [-0.25, -0.2) is 0 Å². The Morgan fingerprint density at radius 3 is 2.60 bits per heavy atom. The predicted molar refractivity (Wildman–Crippen MR) is 76.2 cm³/mol. The van der Waals surface area contributed by atoms with Crippen LogP contribution in [-0.4, -0.2) is 34.3 Å². The van der Waals surface area contributed by atoms with Crippen molar-refractivity contribution in [3.8, 4) is 5.75 Å². The van der Waals surface area contributed by atoms with Crippen LogP contribution in [0.15, 0.2) is 24.3 Å². The van der Waals surface area contributed by atoms with E-state index < -0.39 is 12.1 Å². The van der Waals surface area contributed by atoms with Crippen molar-refractivity contribution in [1.29, 1.82) is 0 Å². The number of carbonyl (C=O) groups is 1.